The molecule has 0 spiro atoms. The Morgan fingerprint density at radius 3 is 2.89 bits per heavy atom. The van der Waals surface area contributed by atoms with Crippen molar-refractivity contribution in [1.29, 1.82) is 0 Å². The fourth-order valence-electron chi connectivity index (χ4n) is 6.74. The first-order chi connectivity index (χ1) is 22.1. The number of carbonyl (C=O) groups is 1. The molecule has 22 heteroatoms. The molecule has 0 radical (unpaired) electrons. The Balaban J connectivity index is 1.13. The van der Waals surface area contributed by atoms with Crippen LogP contribution in [0, 0.1) is 5.92 Å². The Morgan fingerprint density at radius 2 is 2.07 bits per heavy atom. The van der Waals surface area contributed by atoms with Gasteiger partial charge in [0.15, 0.2) is 23.1 Å². The van der Waals surface area contributed by atoms with Crippen molar-refractivity contribution >= 4 is 59.5 Å². The predicted molar refractivity (Wildman–Crippen MR) is 153 cm³/mol. The molecule has 6 N–H and O–H groups in total. The van der Waals surface area contributed by atoms with Gasteiger partial charge in [-0.15, -0.1) is 0 Å². The molecule has 4 bridgehead atoms. The lowest BCUT2D eigenvalue weighted by Gasteiger charge is -2.32. The quantitative estimate of drug-likeness (QED) is 0.170. The number of H-pyrrole nitrogens is 1. The van der Waals surface area contributed by atoms with Crippen LogP contribution in [0.4, 0.5) is 16.6 Å². The van der Waals surface area contributed by atoms with Gasteiger partial charge in [-0.3, -0.25) is 23.4 Å². The summed E-state index contributed by atoms with van der Waals surface area (Å²) < 4.78 is 60.1. The summed E-state index contributed by atoms with van der Waals surface area (Å²) in [6.07, 6.45) is -3.66. The van der Waals surface area contributed by atoms with Crippen LogP contribution in [-0.4, -0.2) is 95.2 Å². The Hall–Kier alpha value is -3.82. The molecule has 7 heterocycles. The SMILES string of the molecule is CO[C@H]1[C@@H]2OC(=O)OCC34CC[C@@H]([C@H]3OP(=O)(O)OC[C@@H]1O[C@@H]2c1snc2c(=O)[nH]c(N)nc12)[C@@H](n1cnc2c(N)ncnc21)O4. The molecule has 1 saturated carbocycles. The summed E-state index contributed by atoms with van der Waals surface area (Å²) in [6.45, 7) is -0.898. The molecule has 4 aliphatic rings. The molecule has 46 heavy (non-hydrogen) atoms. The van der Waals surface area contributed by atoms with E-state index in [1.165, 1.54) is 19.8 Å². The third kappa shape index (κ3) is 4.57. The highest BCUT2D eigenvalue weighted by atomic mass is 32.1. The van der Waals surface area contributed by atoms with Crippen molar-refractivity contribution in [1.82, 2.24) is 33.9 Å². The second kappa shape index (κ2) is 10.6. The van der Waals surface area contributed by atoms with E-state index in [0.29, 0.717) is 28.9 Å². The Kier molecular flexibility index (Phi) is 6.82. The maximum Gasteiger partial charge on any atom is 0.508 e. The third-order valence-electron chi connectivity index (χ3n) is 8.73. The van der Waals surface area contributed by atoms with Crippen molar-refractivity contribution in [2.24, 2.45) is 5.92 Å². The zero-order chi connectivity index (χ0) is 32.0. The van der Waals surface area contributed by atoms with Crippen LogP contribution in [0.25, 0.3) is 22.2 Å². The van der Waals surface area contributed by atoms with Crippen LogP contribution in [0.15, 0.2) is 17.4 Å². The number of methoxy groups -OCH3 is 1. The van der Waals surface area contributed by atoms with Gasteiger partial charge in [0.05, 0.1) is 17.8 Å². The number of cyclic esters (lactones) is 1. The average Bonchev–Trinajstić information content (AvgIpc) is 3.82. The summed E-state index contributed by atoms with van der Waals surface area (Å²) in [7, 11) is -3.44. The molecule has 0 aromatic carbocycles. The molecule has 2 unspecified atom stereocenters. The molecule has 4 aromatic heterocycles. The van der Waals surface area contributed by atoms with Gasteiger partial charge in [0.1, 0.15) is 60.2 Å². The lowest BCUT2D eigenvalue weighted by molar-refractivity contribution is -0.146. The van der Waals surface area contributed by atoms with Gasteiger partial charge >= 0.3 is 14.0 Å². The van der Waals surface area contributed by atoms with Crippen molar-refractivity contribution < 1.29 is 47.0 Å². The van der Waals surface area contributed by atoms with E-state index in [0.717, 1.165) is 11.5 Å². The van der Waals surface area contributed by atoms with Crippen molar-refractivity contribution in [3.8, 4) is 0 Å². The Bertz CT molecular complexity index is 1970. The summed E-state index contributed by atoms with van der Waals surface area (Å²) in [4.78, 5) is 56.1. The molecule has 0 amide bonds. The number of fused-ring (bicyclic) bond motifs is 4. The first kappa shape index (κ1) is 29.6. The summed E-state index contributed by atoms with van der Waals surface area (Å²) in [6, 6.07) is 0. The molecule has 9 atom stereocenters. The Morgan fingerprint density at radius 1 is 1.22 bits per heavy atom. The van der Waals surface area contributed by atoms with E-state index < -0.39 is 81.0 Å². The van der Waals surface area contributed by atoms with Crippen molar-refractivity contribution in [2.75, 3.05) is 31.8 Å². The summed E-state index contributed by atoms with van der Waals surface area (Å²) in [5.41, 5.74) is 10.7. The van der Waals surface area contributed by atoms with E-state index in [-0.39, 0.29) is 22.8 Å². The molecule has 8 rings (SSSR count). The van der Waals surface area contributed by atoms with Crippen LogP contribution < -0.4 is 17.0 Å². The van der Waals surface area contributed by atoms with Crippen LogP contribution in [0.3, 0.4) is 0 Å². The molecular formula is C24H26N9O11PS. The molecule has 244 valence electrons. The van der Waals surface area contributed by atoms with Crippen LogP contribution in [-0.2, 0) is 37.3 Å². The molecule has 3 saturated heterocycles. The van der Waals surface area contributed by atoms with Gasteiger partial charge in [-0.2, -0.15) is 4.37 Å². The fraction of sp³-hybridized carbons (Fsp3) is 0.542. The highest BCUT2D eigenvalue weighted by Gasteiger charge is 2.64. The zero-order valence-electron chi connectivity index (χ0n) is 23.7. The number of hydrogen-bond donors (Lipinski definition) is 4. The van der Waals surface area contributed by atoms with Gasteiger partial charge in [0, 0.05) is 13.0 Å². The zero-order valence-corrected chi connectivity index (χ0v) is 25.5. The second-order valence-electron chi connectivity index (χ2n) is 11.3. The van der Waals surface area contributed by atoms with Crippen LogP contribution in [0.5, 0.6) is 0 Å². The molecule has 4 fully saturated rings. The number of nitrogen functional groups attached to an aromatic ring is 2. The van der Waals surface area contributed by atoms with Crippen LogP contribution in [0.2, 0.25) is 0 Å². The number of aromatic nitrogens is 7. The minimum absolute atomic E-state index is 0.00384. The number of nitrogens with one attached hydrogen (secondary N) is 1. The first-order valence-electron chi connectivity index (χ1n) is 14.0. The average molecular weight is 680 g/mol. The van der Waals surface area contributed by atoms with Crippen molar-refractivity contribution in [3.63, 3.8) is 0 Å². The topological polar surface area (TPSA) is 273 Å². The van der Waals surface area contributed by atoms with Crippen LogP contribution >= 0.6 is 19.4 Å². The molecule has 20 nitrogen and oxygen atoms in total. The fourth-order valence-corrected chi connectivity index (χ4v) is 8.66. The van der Waals surface area contributed by atoms with Crippen LogP contribution in [0.1, 0.15) is 30.1 Å². The number of nitrogens with zero attached hydrogens (tertiary/aromatic N) is 6. The minimum atomic E-state index is -4.79. The Labute approximate surface area is 261 Å². The number of nitrogens with two attached hydrogens (primary N) is 2. The van der Waals surface area contributed by atoms with Crippen molar-refractivity contribution in [3.05, 3.63) is 27.9 Å². The van der Waals surface area contributed by atoms with Gasteiger partial charge in [-0.1, -0.05) is 0 Å². The second-order valence-corrected chi connectivity index (χ2v) is 13.5. The number of imidazole rings is 1. The van der Waals surface area contributed by atoms with Gasteiger partial charge < -0.3 is 40.0 Å². The van der Waals surface area contributed by atoms with Crippen molar-refractivity contribution in [2.45, 2.75) is 55.2 Å². The number of ether oxygens (including phenoxy) is 5. The van der Waals surface area contributed by atoms with E-state index in [9.17, 15) is 19.0 Å². The van der Waals surface area contributed by atoms with E-state index >= 15 is 0 Å². The lowest BCUT2D eigenvalue weighted by Crippen LogP contribution is -2.44. The molecule has 1 aliphatic carbocycles. The normalized spacial score (nSPS) is 36.1. The number of anilines is 2. The van der Waals surface area contributed by atoms with E-state index in [1.54, 1.807) is 4.57 Å². The first-order valence-corrected chi connectivity index (χ1v) is 16.3. The number of aromatic amines is 1. The molecule has 3 aliphatic heterocycles. The largest absolute Gasteiger partial charge is 0.508 e. The van der Waals surface area contributed by atoms with E-state index in [4.69, 9.17) is 44.2 Å². The number of carbonyl (C=O) groups excluding carboxylic acids is 1. The monoisotopic (exact) mass is 679 g/mol. The lowest BCUT2D eigenvalue weighted by atomic mass is 10.0. The summed E-state index contributed by atoms with van der Waals surface area (Å²) >= 11 is 0.888. The maximum absolute atomic E-state index is 13.5. The van der Waals surface area contributed by atoms with Gasteiger partial charge in [0.2, 0.25) is 5.95 Å². The highest BCUT2D eigenvalue weighted by Crippen LogP contribution is 2.60. The third-order valence-corrected chi connectivity index (χ3v) is 10.6. The molecule has 4 aromatic rings. The summed E-state index contributed by atoms with van der Waals surface area (Å²) in [5.74, 6) is -0.477. The van der Waals surface area contributed by atoms with E-state index in [1.807, 2.05) is 0 Å². The van der Waals surface area contributed by atoms with Gasteiger partial charge in [-0.05, 0) is 24.4 Å². The maximum atomic E-state index is 13.5. The van der Waals surface area contributed by atoms with Gasteiger partial charge in [0.25, 0.3) is 5.56 Å². The number of rotatable bonds is 3. The molecular weight excluding hydrogens is 653 g/mol. The number of phosphoric ester groups is 1. The summed E-state index contributed by atoms with van der Waals surface area (Å²) in [5, 5.41) is 0. The number of hydrogen-bond acceptors (Lipinski definition) is 18. The smallest absolute Gasteiger partial charge is 0.431 e. The highest BCUT2D eigenvalue weighted by molar-refractivity contribution is 7.47. The predicted octanol–water partition coefficient (Wildman–Crippen LogP) is 0.554. The van der Waals surface area contributed by atoms with Gasteiger partial charge in [-0.25, -0.2) is 29.3 Å². The minimum Gasteiger partial charge on any atom is -0.431 e. The number of phosphoric acid groups is 1. The van der Waals surface area contributed by atoms with E-state index in [2.05, 4.69) is 29.3 Å². The standard InChI is InChI=1S/C24H26N9O11PS/c1-38-13-9-4-40-45(36,37)44-17-8-2-3-24(17,43-21(8)33-7-29-12-18(25)27-6-28-19(12)33)5-39-23(35)42-14(13)15(41-9)16-10-11(32-46-16)20(34)31-22(26)30-10/h6-9,13-15,17,21H,2-5H2,1H3,(H,36,37)(H2,25,27,28)(H3,26,30,31,34)/t8-,9-,13+,14-,15-,17+,21-,24?/m0/s1.